The normalized spacial score (nSPS) is 14.3. The van der Waals surface area contributed by atoms with Gasteiger partial charge < -0.3 is 0 Å². The monoisotopic (exact) mass is 753 g/mol. The Balaban J connectivity index is 0.000000244. The Kier molecular flexibility index (Phi) is 20.2. The minimum atomic E-state index is -0.463. The van der Waals surface area contributed by atoms with Crippen molar-refractivity contribution in [2.75, 3.05) is 0 Å². The molecule has 2 aromatic rings. The van der Waals surface area contributed by atoms with Crippen LogP contribution < -0.4 is 0 Å². The predicted octanol–water partition coefficient (Wildman–Crippen LogP) is 11.5. The van der Waals surface area contributed by atoms with E-state index in [1.54, 1.807) is 11.1 Å². The Morgan fingerprint density at radius 3 is 1.40 bits per heavy atom. The summed E-state index contributed by atoms with van der Waals surface area (Å²) in [5.41, 5.74) is 5.87. The Morgan fingerprint density at radius 1 is 0.674 bits per heavy atom. The second-order valence-electron chi connectivity index (χ2n) is 11.7. The van der Waals surface area contributed by atoms with Crippen molar-refractivity contribution in [2.24, 2.45) is 0 Å². The van der Waals surface area contributed by atoms with Crippen molar-refractivity contribution in [1.29, 1.82) is 0 Å². The Labute approximate surface area is 291 Å². The second kappa shape index (κ2) is 23.0. The summed E-state index contributed by atoms with van der Waals surface area (Å²) in [5, 5.41) is 0. The van der Waals surface area contributed by atoms with Crippen LogP contribution in [0.5, 0.6) is 0 Å². The topological polar surface area (TPSA) is 3.24 Å². The molecule has 0 spiro atoms. The average Bonchev–Trinajstić information content (AvgIpc) is 3.67. The molecule has 0 unspecified atom stereocenters. The molecule has 2 aromatic carbocycles. The zero-order valence-electron chi connectivity index (χ0n) is 27.7. The van der Waals surface area contributed by atoms with E-state index in [2.05, 4.69) is 117 Å². The van der Waals surface area contributed by atoms with E-state index in [9.17, 15) is 0 Å². The summed E-state index contributed by atoms with van der Waals surface area (Å²) in [5.74, 6) is 0. The molecule has 0 fully saturated rings. The number of rotatable bonds is 13. The first-order valence-corrected chi connectivity index (χ1v) is 20.3. The molecule has 2 aliphatic carbocycles. The molecule has 0 bridgehead atoms. The van der Waals surface area contributed by atoms with Gasteiger partial charge in [0.1, 0.15) is 0 Å². The fourth-order valence-electron chi connectivity index (χ4n) is 4.81. The van der Waals surface area contributed by atoms with Gasteiger partial charge in [-0.1, -0.05) is 85.0 Å². The molecule has 0 saturated heterocycles. The third kappa shape index (κ3) is 15.9. The van der Waals surface area contributed by atoms with Crippen LogP contribution in [0.2, 0.25) is 0 Å². The summed E-state index contributed by atoms with van der Waals surface area (Å²) < 4.78 is 6.19. The molecule has 0 saturated carbocycles. The van der Waals surface area contributed by atoms with Crippen molar-refractivity contribution in [3.8, 4) is 0 Å². The molecule has 2 aliphatic rings. The molecule has 0 N–H and O–H groups in total. The van der Waals surface area contributed by atoms with Gasteiger partial charge >= 0.3 is 198 Å². The first kappa shape index (κ1) is 37.8. The summed E-state index contributed by atoms with van der Waals surface area (Å²) in [4.78, 5) is 0. The summed E-state index contributed by atoms with van der Waals surface area (Å²) in [6.45, 7) is 13.6. The number of hydrogen-bond donors (Lipinski definition) is 0. The summed E-state index contributed by atoms with van der Waals surface area (Å²) >= 11 is 0.790. The van der Waals surface area contributed by atoms with E-state index in [-0.39, 0.29) is 0 Å². The van der Waals surface area contributed by atoms with Gasteiger partial charge in [0, 0.05) is 0 Å². The van der Waals surface area contributed by atoms with E-state index in [1.165, 1.54) is 87.2 Å². The van der Waals surface area contributed by atoms with Crippen LogP contribution in [-0.4, -0.2) is 39.6 Å². The molecular formula is C40H54InNZr. The fourth-order valence-corrected chi connectivity index (χ4v) is 8.60. The van der Waals surface area contributed by atoms with Crippen LogP contribution in [0, 0.1) is 0 Å². The van der Waals surface area contributed by atoms with Gasteiger partial charge in [0.05, 0.1) is 0 Å². The van der Waals surface area contributed by atoms with Crippen molar-refractivity contribution >= 4 is 36.8 Å². The van der Waals surface area contributed by atoms with Gasteiger partial charge in [-0.25, -0.2) is 0 Å². The quantitative estimate of drug-likeness (QED) is 0.184. The first-order chi connectivity index (χ1) is 20.8. The van der Waals surface area contributed by atoms with E-state index >= 15 is 0 Å². The van der Waals surface area contributed by atoms with Crippen LogP contribution in [0.4, 0.5) is 0 Å². The molecule has 2 radical (unpaired) electrons. The maximum absolute atomic E-state index is 2.46. The maximum atomic E-state index is 2.46. The third-order valence-corrected chi connectivity index (χ3v) is 14.9. The zero-order valence-corrected chi connectivity index (χ0v) is 33.5. The SMILES string of the molecule is C(C=Cc1ccccc1)=Cc1ccccc1.CC(C)[N]([In])C(C)C.CCCCC1=[C]([Zr][C]2=C(CCCC)C=CC2)CC=C1. The van der Waals surface area contributed by atoms with Gasteiger partial charge in [0.25, 0.3) is 0 Å². The van der Waals surface area contributed by atoms with Gasteiger partial charge in [0.2, 0.25) is 0 Å². The van der Waals surface area contributed by atoms with Crippen LogP contribution >= 0.6 is 0 Å². The molecule has 0 amide bonds. The average molecular weight is 755 g/mol. The Hall–Kier alpha value is -1.41. The van der Waals surface area contributed by atoms with Gasteiger partial charge in [-0.15, -0.1) is 0 Å². The molecule has 0 aliphatic heterocycles. The molecule has 0 aromatic heterocycles. The Bertz CT molecular complexity index is 1120. The summed E-state index contributed by atoms with van der Waals surface area (Å²) in [6, 6.07) is 22.0. The van der Waals surface area contributed by atoms with Crippen LogP contribution in [-0.2, 0) is 23.2 Å². The summed E-state index contributed by atoms with van der Waals surface area (Å²) in [6.07, 6.45) is 28.5. The van der Waals surface area contributed by atoms with Crippen molar-refractivity contribution in [2.45, 2.75) is 105 Å². The number of hydrogen-bond acceptors (Lipinski definition) is 1. The van der Waals surface area contributed by atoms with Crippen molar-refractivity contribution in [3.05, 3.63) is 126 Å². The second-order valence-corrected chi connectivity index (χ2v) is 17.0. The van der Waals surface area contributed by atoms with Crippen LogP contribution in [0.1, 0.15) is 104 Å². The first-order valence-electron chi connectivity index (χ1n) is 16.4. The van der Waals surface area contributed by atoms with E-state index in [0.29, 0.717) is 0 Å². The molecular weight excluding hydrogens is 700 g/mol. The van der Waals surface area contributed by atoms with E-state index < -0.39 is 23.2 Å². The van der Waals surface area contributed by atoms with Crippen LogP contribution in [0.15, 0.2) is 115 Å². The van der Waals surface area contributed by atoms with Crippen LogP contribution in [0.3, 0.4) is 0 Å². The molecule has 1 nitrogen and oxygen atoms in total. The number of unbranched alkanes of at least 4 members (excludes halogenated alkanes) is 2. The molecule has 43 heavy (non-hydrogen) atoms. The van der Waals surface area contributed by atoms with Crippen molar-refractivity contribution in [3.63, 3.8) is 0 Å². The molecule has 0 atom stereocenters. The number of nitrogens with zero attached hydrogens (tertiary/aromatic N) is 1. The van der Waals surface area contributed by atoms with E-state index in [1.807, 2.05) is 43.0 Å². The van der Waals surface area contributed by atoms with E-state index in [4.69, 9.17) is 0 Å². The van der Waals surface area contributed by atoms with Crippen molar-refractivity contribution < 1.29 is 23.2 Å². The molecule has 226 valence electrons. The van der Waals surface area contributed by atoms with Gasteiger partial charge in [0.15, 0.2) is 0 Å². The van der Waals surface area contributed by atoms with E-state index in [0.717, 1.165) is 12.1 Å². The molecule has 0 heterocycles. The van der Waals surface area contributed by atoms with Gasteiger partial charge in [-0.2, -0.15) is 0 Å². The minimum absolute atomic E-state index is 0.463. The Morgan fingerprint density at radius 2 is 1.07 bits per heavy atom. The number of allylic oxidation sites excluding steroid dienone is 10. The zero-order chi connectivity index (χ0) is 31.3. The predicted molar refractivity (Wildman–Crippen MR) is 189 cm³/mol. The van der Waals surface area contributed by atoms with Gasteiger partial charge in [-0.3, -0.25) is 0 Å². The van der Waals surface area contributed by atoms with Gasteiger partial charge in [-0.05, 0) is 11.1 Å². The third-order valence-electron chi connectivity index (χ3n) is 7.44. The number of benzene rings is 2. The standard InChI is InChI=1S/C16H14.2C9H13.C6H14N.In.Zr/c1-3-9-15(10-4-1)13-7-8-14-16-11-5-2-6-12-16;2*1-2-3-6-9-7-4-5-8-9;1-5(2)7-6(3)4;;/h1-14H;2*4,7H,2-3,5-6H2,1H3;5-6H,1-4H3;;/q;;;-1;+1;. The molecule has 4 rings (SSSR count). The fraction of sp³-hybridized carbons (Fsp3) is 0.400. The molecule has 3 heteroatoms. The summed E-state index contributed by atoms with van der Waals surface area (Å²) in [7, 11) is 0. The van der Waals surface area contributed by atoms with Crippen LogP contribution in [0.25, 0.3) is 12.2 Å². The van der Waals surface area contributed by atoms with Crippen molar-refractivity contribution in [1.82, 2.24) is 2.89 Å².